The number of aliphatic carboxylic acids is 1. The van der Waals surface area contributed by atoms with Crippen molar-refractivity contribution in [1.82, 2.24) is 15.5 Å². The summed E-state index contributed by atoms with van der Waals surface area (Å²) in [6.45, 7) is 0. The maximum Gasteiger partial charge on any atom is 0.331 e. The number of carbonyl (C=O) groups is 2. The Morgan fingerprint density at radius 1 is 1.19 bits per heavy atom. The van der Waals surface area contributed by atoms with Crippen molar-refractivity contribution >= 4 is 11.9 Å². The first-order valence-corrected chi connectivity index (χ1v) is 9.31. The molecule has 2 aromatic carbocycles. The highest BCUT2D eigenvalue weighted by atomic mass is 19.1. The molecule has 0 aliphatic rings. The number of nitrogens with one attached hydrogen (secondary N) is 1. The second-order valence-corrected chi connectivity index (χ2v) is 6.60. The first kappa shape index (κ1) is 21.9. The number of hydrogen-bond donors (Lipinski definition) is 2. The number of rotatable bonds is 9. The minimum Gasteiger partial charge on any atom is -0.497 e. The summed E-state index contributed by atoms with van der Waals surface area (Å²) in [5.41, 5.74) is 0.275. The van der Waals surface area contributed by atoms with E-state index >= 15 is 0 Å². The third kappa shape index (κ3) is 5.62. The number of nitrogens with zero attached hydrogens (tertiary/aromatic N) is 2. The van der Waals surface area contributed by atoms with Crippen LogP contribution in [0.4, 0.5) is 8.78 Å². The summed E-state index contributed by atoms with van der Waals surface area (Å²) in [7, 11) is 1.56. The molecule has 10 heteroatoms. The molecule has 0 saturated heterocycles. The number of benzene rings is 2. The fourth-order valence-corrected chi connectivity index (χ4v) is 2.86. The van der Waals surface area contributed by atoms with Gasteiger partial charge in [0.1, 0.15) is 17.4 Å². The van der Waals surface area contributed by atoms with E-state index in [9.17, 15) is 23.5 Å². The van der Waals surface area contributed by atoms with E-state index in [1.807, 2.05) is 0 Å². The van der Waals surface area contributed by atoms with Gasteiger partial charge in [0, 0.05) is 24.0 Å². The lowest BCUT2D eigenvalue weighted by molar-refractivity contribution is -0.142. The van der Waals surface area contributed by atoms with Gasteiger partial charge in [0.15, 0.2) is 6.04 Å². The molecule has 0 aliphatic carbocycles. The molecule has 3 aromatic rings. The summed E-state index contributed by atoms with van der Waals surface area (Å²) in [4.78, 5) is 27.8. The van der Waals surface area contributed by atoms with E-state index in [4.69, 9.17) is 9.26 Å². The Balaban J connectivity index is 1.55. The van der Waals surface area contributed by atoms with Crippen LogP contribution in [0.15, 0.2) is 47.0 Å². The summed E-state index contributed by atoms with van der Waals surface area (Å²) in [5.74, 6) is -2.48. The molecule has 1 atom stereocenters. The maximum atomic E-state index is 13.9. The Morgan fingerprint density at radius 3 is 2.61 bits per heavy atom. The summed E-state index contributed by atoms with van der Waals surface area (Å²) in [6, 6.07) is 7.79. The van der Waals surface area contributed by atoms with Gasteiger partial charge in [-0.15, -0.1) is 0 Å². The monoisotopic (exact) mass is 431 g/mol. The van der Waals surface area contributed by atoms with E-state index in [0.717, 1.165) is 23.8 Å². The number of amides is 1. The van der Waals surface area contributed by atoms with Crippen molar-refractivity contribution in [3.05, 3.63) is 65.6 Å². The lowest BCUT2D eigenvalue weighted by Gasteiger charge is -2.15. The molecule has 0 spiro atoms. The molecule has 0 radical (unpaired) electrons. The van der Waals surface area contributed by atoms with Gasteiger partial charge in [0.05, 0.1) is 7.11 Å². The van der Waals surface area contributed by atoms with Crippen LogP contribution in [-0.4, -0.2) is 34.2 Å². The van der Waals surface area contributed by atoms with E-state index in [0.29, 0.717) is 17.5 Å². The number of halogens is 2. The summed E-state index contributed by atoms with van der Waals surface area (Å²) < 4.78 is 37.5. The van der Waals surface area contributed by atoms with Crippen molar-refractivity contribution in [2.24, 2.45) is 0 Å². The molecule has 0 fully saturated rings. The molecular formula is C21H19F2N3O5. The average Bonchev–Trinajstić information content (AvgIpc) is 3.22. The van der Waals surface area contributed by atoms with E-state index < -0.39 is 35.1 Å². The molecule has 0 saturated carbocycles. The van der Waals surface area contributed by atoms with Crippen LogP contribution in [0.2, 0.25) is 0 Å². The van der Waals surface area contributed by atoms with Gasteiger partial charge in [-0.2, -0.15) is 4.98 Å². The normalized spacial score (nSPS) is 11.7. The fourth-order valence-electron chi connectivity index (χ4n) is 2.86. The Kier molecular flexibility index (Phi) is 6.91. The van der Waals surface area contributed by atoms with Crippen LogP contribution in [0.1, 0.15) is 30.3 Å². The molecule has 0 bridgehead atoms. The maximum absolute atomic E-state index is 13.9. The van der Waals surface area contributed by atoms with E-state index in [2.05, 4.69) is 15.5 Å². The smallest absolute Gasteiger partial charge is 0.331 e. The lowest BCUT2D eigenvalue weighted by Crippen LogP contribution is -2.34. The van der Waals surface area contributed by atoms with Crippen LogP contribution < -0.4 is 10.1 Å². The molecule has 1 aromatic heterocycles. The molecule has 0 unspecified atom stereocenters. The van der Waals surface area contributed by atoms with Gasteiger partial charge >= 0.3 is 5.97 Å². The van der Waals surface area contributed by atoms with Gasteiger partial charge in [-0.05, 0) is 48.9 Å². The molecule has 1 heterocycles. The van der Waals surface area contributed by atoms with Gasteiger partial charge in [0.25, 0.3) is 0 Å². The highest BCUT2D eigenvalue weighted by molar-refractivity contribution is 5.84. The van der Waals surface area contributed by atoms with Crippen molar-refractivity contribution in [2.75, 3.05) is 7.11 Å². The van der Waals surface area contributed by atoms with Gasteiger partial charge in [-0.1, -0.05) is 5.16 Å². The van der Waals surface area contributed by atoms with E-state index in [1.54, 1.807) is 31.4 Å². The first-order chi connectivity index (χ1) is 14.9. The first-order valence-electron chi connectivity index (χ1n) is 9.31. The molecule has 2 N–H and O–H groups in total. The minimum absolute atomic E-state index is 0.0685. The summed E-state index contributed by atoms with van der Waals surface area (Å²) in [6.07, 6.45) is 0.498. The molecule has 3 rings (SSSR count). The van der Waals surface area contributed by atoms with Crippen molar-refractivity contribution in [1.29, 1.82) is 0 Å². The zero-order valence-corrected chi connectivity index (χ0v) is 16.5. The lowest BCUT2D eigenvalue weighted by atomic mass is 10.1. The van der Waals surface area contributed by atoms with Crippen LogP contribution in [-0.2, 0) is 16.0 Å². The molecule has 162 valence electrons. The van der Waals surface area contributed by atoms with Crippen LogP contribution in [0.3, 0.4) is 0 Å². The SMILES string of the molecule is COc1ccc(-c2noc(CCCC(=O)N[C@@H](C(=O)O)c3cc(F)ccc3F)n2)cc1. The average molecular weight is 431 g/mol. The number of aromatic nitrogens is 2. The minimum atomic E-state index is -1.70. The highest BCUT2D eigenvalue weighted by Gasteiger charge is 2.25. The van der Waals surface area contributed by atoms with Crippen molar-refractivity contribution in [3.8, 4) is 17.1 Å². The molecule has 8 nitrogen and oxygen atoms in total. The topological polar surface area (TPSA) is 115 Å². The predicted molar refractivity (Wildman–Crippen MR) is 104 cm³/mol. The van der Waals surface area contributed by atoms with Gasteiger partial charge < -0.3 is 19.7 Å². The number of ether oxygens (including phenoxy) is 1. The zero-order valence-electron chi connectivity index (χ0n) is 16.5. The van der Waals surface area contributed by atoms with Crippen molar-refractivity contribution in [3.63, 3.8) is 0 Å². The summed E-state index contributed by atoms with van der Waals surface area (Å²) >= 11 is 0. The number of carboxylic acid groups (broad SMARTS) is 1. The number of methoxy groups -OCH3 is 1. The van der Waals surface area contributed by atoms with Gasteiger partial charge in [0.2, 0.25) is 17.6 Å². The Labute approximate surface area is 175 Å². The second kappa shape index (κ2) is 9.79. The molecule has 1 amide bonds. The molecule has 31 heavy (non-hydrogen) atoms. The zero-order chi connectivity index (χ0) is 22.4. The Hall–Kier alpha value is -3.82. The van der Waals surface area contributed by atoms with Crippen LogP contribution in [0.25, 0.3) is 11.4 Å². The quantitative estimate of drug-likeness (QED) is 0.534. The Bertz CT molecular complexity index is 1070. The predicted octanol–water partition coefficient (Wildman–Crippen LogP) is 3.29. The van der Waals surface area contributed by atoms with Crippen LogP contribution in [0, 0.1) is 11.6 Å². The number of hydrogen-bond acceptors (Lipinski definition) is 6. The largest absolute Gasteiger partial charge is 0.497 e. The number of carboxylic acids is 1. The summed E-state index contributed by atoms with van der Waals surface area (Å²) in [5, 5.41) is 15.4. The third-order valence-corrected chi connectivity index (χ3v) is 4.43. The third-order valence-electron chi connectivity index (χ3n) is 4.43. The van der Waals surface area contributed by atoms with Crippen molar-refractivity contribution in [2.45, 2.75) is 25.3 Å². The van der Waals surface area contributed by atoms with Gasteiger partial charge in [-0.25, -0.2) is 13.6 Å². The van der Waals surface area contributed by atoms with Crippen molar-refractivity contribution < 1.29 is 32.7 Å². The number of aryl methyl sites for hydroxylation is 1. The second-order valence-electron chi connectivity index (χ2n) is 6.60. The van der Waals surface area contributed by atoms with Crippen LogP contribution >= 0.6 is 0 Å². The van der Waals surface area contributed by atoms with Gasteiger partial charge in [-0.3, -0.25) is 4.79 Å². The Morgan fingerprint density at radius 2 is 1.94 bits per heavy atom. The van der Waals surface area contributed by atoms with E-state index in [-0.39, 0.29) is 19.3 Å². The van der Waals surface area contributed by atoms with Crippen LogP contribution in [0.5, 0.6) is 5.75 Å². The fraction of sp³-hybridized carbons (Fsp3) is 0.238. The molecule has 0 aliphatic heterocycles. The number of carbonyl (C=O) groups excluding carboxylic acids is 1. The highest BCUT2D eigenvalue weighted by Crippen LogP contribution is 2.21. The van der Waals surface area contributed by atoms with E-state index in [1.165, 1.54) is 0 Å². The molecular weight excluding hydrogens is 412 g/mol. The standard InChI is InChI=1S/C21H19F2N3O5/c1-30-14-8-5-12(6-9-14)20-25-18(31-26-20)4-2-3-17(27)24-19(21(28)29)15-11-13(22)7-10-16(15)23/h5-11,19H,2-4H2,1H3,(H,24,27)(H,28,29)/t19-/m1/s1.